The van der Waals surface area contributed by atoms with Crippen LogP contribution in [-0.2, 0) is 13.6 Å². The van der Waals surface area contributed by atoms with Crippen molar-refractivity contribution in [2.75, 3.05) is 12.3 Å². The minimum Gasteiger partial charge on any atom is -1.00 e. The van der Waals surface area contributed by atoms with Crippen LogP contribution in [-0.4, -0.2) is 32.5 Å². The number of rotatable bonds is 7. The van der Waals surface area contributed by atoms with E-state index in [1.165, 1.54) is 5.56 Å². The van der Waals surface area contributed by atoms with Gasteiger partial charge < -0.3 is 17.7 Å². The maximum absolute atomic E-state index is 5.83. The van der Waals surface area contributed by atoms with Gasteiger partial charge in [-0.25, -0.2) is 4.68 Å². The predicted octanol–water partition coefficient (Wildman–Crippen LogP) is -0.860. The molecular formula is C12H16Cl2N5S-. The lowest BCUT2D eigenvalue weighted by atomic mass is 10.2. The average molecular weight is 333 g/mol. The summed E-state index contributed by atoms with van der Waals surface area (Å²) in [7, 11) is 1.85. The van der Waals surface area contributed by atoms with E-state index in [9.17, 15) is 0 Å². The third kappa shape index (κ3) is 5.66. The Morgan fingerprint density at radius 3 is 2.70 bits per heavy atom. The number of aryl methyl sites for hydroxylation is 1. The minimum absolute atomic E-state index is 0. The molecule has 0 amide bonds. The standard InChI is InChI=1S/C12H16ClN5S.ClH/c1-18-12(15-16-17-18)19-8-2-7-14-9-10-3-5-11(13)6-4-10;/h3-6,14H,2,7-9H2,1H3;1H/p-1. The van der Waals surface area contributed by atoms with E-state index in [0.717, 1.165) is 35.4 Å². The van der Waals surface area contributed by atoms with Crippen LogP contribution in [0.1, 0.15) is 12.0 Å². The van der Waals surface area contributed by atoms with Crippen LogP contribution in [0.15, 0.2) is 29.4 Å². The number of halogens is 2. The summed E-state index contributed by atoms with van der Waals surface area (Å²) >= 11 is 7.51. The second kappa shape index (κ2) is 9.18. The molecule has 1 heterocycles. The van der Waals surface area contributed by atoms with Crippen LogP contribution in [0.2, 0.25) is 5.02 Å². The Kier molecular flexibility index (Phi) is 7.91. The molecule has 5 nitrogen and oxygen atoms in total. The molecule has 1 aromatic heterocycles. The van der Waals surface area contributed by atoms with Gasteiger partial charge in [-0.15, -0.1) is 5.10 Å². The smallest absolute Gasteiger partial charge is 0.209 e. The van der Waals surface area contributed by atoms with E-state index in [0.29, 0.717) is 0 Å². The molecule has 1 N–H and O–H groups in total. The van der Waals surface area contributed by atoms with Gasteiger partial charge in [0.25, 0.3) is 0 Å². The van der Waals surface area contributed by atoms with Gasteiger partial charge in [0.05, 0.1) is 0 Å². The Morgan fingerprint density at radius 1 is 1.30 bits per heavy atom. The maximum atomic E-state index is 5.83. The van der Waals surface area contributed by atoms with Crippen LogP contribution >= 0.6 is 23.4 Å². The molecule has 0 aliphatic heterocycles. The highest BCUT2D eigenvalue weighted by Crippen LogP contribution is 2.13. The molecule has 20 heavy (non-hydrogen) atoms. The normalized spacial score (nSPS) is 10.3. The molecule has 2 aromatic rings. The SMILES string of the molecule is Cn1nnnc1SCCCNCc1ccc(Cl)cc1.[Cl-]. The van der Waals surface area contributed by atoms with Crippen LogP contribution in [0, 0.1) is 0 Å². The second-order valence-electron chi connectivity index (χ2n) is 4.09. The highest BCUT2D eigenvalue weighted by molar-refractivity contribution is 7.99. The van der Waals surface area contributed by atoms with Gasteiger partial charge in [0.15, 0.2) is 0 Å². The molecule has 0 atom stereocenters. The Labute approximate surface area is 133 Å². The number of nitrogens with one attached hydrogen (secondary N) is 1. The zero-order valence-corrected chi connectivity index (χ0v) is 13.4. The lowest BCUT2D eigenvalue weighted by molar-refractivity contribution is -0.00000404. The number of tetrazole rings is 1. The molecule has 0 bridgehead atoms. The molecule has 0 radical (unpaired) electrons. The van der Waals surface area contributed by atoms with Crippen molar-refractivity contribution in [2.24, 2.45) is 7.05 Å². The summed E-state index contributed by atoms with van der Waals surface area (Å²) in [5, 5.41) is 16.3. The van der Waals surface area contributed by atoms with Gasteiger partial charge in [0, 0.05) is 24.4 Å². The summed E-state index contributed by atoms with van der Waals surface area (Å²) in [5.74, 6) is 1.00. The molecule has 0 fully saturated rings. The van der Waals surface area contributed by atoms with Crippen LogP contribution in [0.4, 0.5) is 0 Å². The first kappa shape index (κ1) is 17.2. The number of nitrogens with zero attached hydrogens (tertiary/aromatic N) is 4. The first-order valence-electron chi connectivity index (χ1n) is 6.06. The highest BCUT2D eigenvalue weighted by atomic mass is 35.5. The predicted molar refractivity (Wildman–Crippen MR) is 77.3 cm³/mol. The number of hydrogen-bond acceptors (Lipinski definition) is 5. The van der Waals surface area contributed by atoms with Gasteiger partial charge in [-0.3, -0.25) is 0 Å². The van der Waals surface area contributed by atoms with E-state index < -0.39 is 0 Å². The zero-order valence-electron chi connectivity index (χ0n) is 11.1. The summed E-state index contributed by atoms with van der Waals surface area (Å²) in [6.07, 6.45) is 1.07. The van der Waals surface area contributed by atoms with Gasteiger partial charge >= 0.3 is 0 Å². The van der Waals surface area contributed by atoms with Crippen LogP contribution < -0.4 is 17.7 Å². The third-order valence-electron chi connectivity index (χ3n) is 2.55. The molecule has 0 spiro atoms. The molecule has 8 heteroatoms. The van der Waals surface area contributed by atoms with Crippen LogP contribution in [0.5, 0.6) is 0 Å². The van der Waals surface area contributed by atoms with Crippen molar-refractivity contribution in [1.82, 2.24) is 25.5 Å². The van der Waals surface area contributed by atoms with Gasteiger partial charge in [0.2, 0.25) is 5.16 Å². The lowest BCUT2D eigenvalue weighted by Gasteiger charge is -2.04. The minimum atomic E-state index is 0. The summed E-state index contributed by atoms with van der Waals surface area (Å²) in [4.78, 5) is 0. The zero-order chi connectivity index (χ0) is 13.5. The lowest BCUT2D eigenvalue weighted by Crippen LogP contribution is -3.00. The maximum Gasteiger partial charge on any atom is 0.209 e. The summed E-state index contributed by atoms with van der Waals surface area (Å²) in [6, 6.07) is 7.90. The Hall–Kier alpha value is -0.820. The first-order chi connectivity index (χ1) is 9.25. The number of hydrogen-bond donors (Lipinski definition) is 1. The van der Waals surface area contributed by atoms with Crippen LogP contribution in [0.3, 0.4) is 0 Å². The van der Waals surface area contributed by atoms with Gasteiger partial charge in [-0.05, 0) is 41.1 Å². The summed E-state index contributed by atoms with van der Waals surface area (Å²) in [6.45, 7) is 1.84. The van der Waals surface area contributed by atoms with Gasteiger partial charge in [0.1, 0.15) is 0 Å². The van der Waals surface area contributed by atoms with E-state index >= 15 is 0 Å². The fourth-order valence-corrected chi connectivity index (χ4v) is 2.45. The number of benzene rings is 1. The summed E-state index contributed by atoms with van der Waals surface area (Å²) in [5.41, 5.74) is 1.24. The van der Waals surface area contributed by atoms with Crippen molar-refractivity contribution in [2.45, 2.75) is 18.1 Å². The van der Waals surface area contributed by atoms with Crippen molar-refractivity contribution in [3.8, 4) is 0 Å². The monoisotopic (exact) mass is 332 g/mol. The first-order valence-corrected chi connectivity index (χ1v) is 7.42. The van der Waals surface area contributed by atoms with Crippen molar-refractivity contribution in [3.05, 3.63) is 34.9 Å². The molecule has 0 aliphatic rings. The molecular weight excluding hydrogens is 317 g/mol. The van der Waals surface area contributed by atoms with E-state index in [1.807, 2.05) is 31.3 Å². The van der Waals surface area contributed by atoms with Crippen molar-refractivity contribution >= 4 is 23.4 Å². The van der Waals surface area contributed by atoms with Crippen molar-refractivity contribution in [3.63, 3.8) is 0 Å². The van der Waals surface area contributed by atoms with Crippen molar-refractivity contribution < 1.29 is 12.4 Å². The Balaban J connectivity index is 0.00000200. The quantitative estimate of drug-likeness (QED) is 0.528. The number of aromatic nitrogens is 4. The van der Waals surface area contributed by atoms with E-state index in [2.05, 4.69) is 20.8 Å². The second-order valence-corrected chi connectivity index (χ2v) is 5.59. The molecule has 1 aromatic carbocycles. The molecule has 0 saturated heterocycles. The molecule has 0 aliphatic carbocycles. The average Bonchev–Trinajstić information content (AvgIpc) is 2.81. The summed E-state index contributed by atoms with van der Waals surface area (Å²) < 4.78 is 1.69. The molecule has 0 unspecified atom stereocenters. The molecule has 2 rings (SSSR count). The Morgan fingerprint density at radius 2 is 2.05 bits per heavy atom. The van der Waals surface area contributed by atoms with E-state index in [-0.39, 0.29) is 12.4 Å². The van der Waals surface area contributed by atoms with E-state index in [4.69, 9.17) is 11.6 Å². The fraction of sp³-hybridized carbons (Fsp3) is 0.417. The largest absolute Gasteiger partial charge is 1.00 e. The van der Waals surface area contributed by atoms with Gasteiger partial charge in [-0.2, -0.15) is 0 Å². The third-order valence-corrected chi connectivity index (χ3v) is 3.90. The topological polar surface area (TPSA) is 55.6 Å². The Bertz CT molecular complexity index is 503. The molecule has 110 valence electrons. The van der Waals surface area contributed by atoms with Crippen LogP contribution in [0.25, 0.3) is 0 Å². The fourth-order valence-electron chi connectivity index (χ4n) is 1.54. The van der Waals surface area contributed by atoms with Crippen molar-refractivity contribution in [1.29, 1.82) is 0 Å². The number of thioether (sulfide) groups is 1. The molecule has 0 saturated carbocycles. The highest BCUT2D eigenvalue weighted by Gasteiger charge is 2.01. The van der Waals surface area contributed by atoms with E-state index in [1.54, 1.807) is 16.4 Å². The van der Waals surface area contributed by atoms with Gasteiger partial charge in [-0.1, -0.05) is 35.5 Å².